The number of hydrogen-bond donors (Lipinski definition) is 0. The molecule has 1 aliphatic rings. The first-order valence-electron chi connectivity index (χ1n) is 8.85. The molecule has 3 nitrogen and oxygen atoms in total. The fourth-order valence-corrected chi connectivity index (χ4v) is 2.41. The average molecular weight is 306 g/mol. The predicted molar refractivity (Wildman–Crippen MR) is 89.8 cm³/mol. The van der Waals surface area contributed by atoms with E-state index in [1.165, 1.54) is 44.9 Å². The van der Waals surface area contributed by atoms with Crippen molar-refractivity contribution in [1.82, 2.24) is 0 Å². The minimum absolute atomic E-state index is 0.304. The normalized spacial score (nSPS) is 16.5. The zero-order valence-electron chi connectivity index (χ0n) is 13.9. The van der Waals surface area contributed by atoms with Gasteiger partial charge in [0.25, 0.3) is 0 Å². The summed E-state index contributed by atoms with van der Waals surface area (Å²) in [5, 5.41) is 0. The van der Waals surface area contributed by atoms with Gasteiger partial charge in [0.2, 0.25) is 0 Å². The Morgan fingerprint density at radius 1 is 0.864 bits per heavy atom. The van der Waals surface area contributed by atoms with Crippen LogP contribution in [-0.4, -0.2) is 25.9 Å². The lowest BCUT2D eigenvalue weighted by atomic mass is 10.1. The Labute approximate surface area is 135 Å². The summed E-state index contributed by atoms with van der Waals surface area (Å²) in [6, 6.07) is 7.89. The minimum atomic E-state index is 0.304. The molecule has 3 heteroatoms. The molecular formula is C19H30O3. The minimum Gasteiger partial charge on any atom is -0.494 e. The molecule has 1 aromatic carbocycles. The van der Waals surface area contributed by atoms with E-state index in [4.69, 9.17) is 14.2 Å². The molecule has 0 radical (unpaired) electrons. The molecule has 0 aliphatic carbocycles. The van der Waals surface area contributed by atoms with Gasteiger partial charge in [-0.1, -0.05) is 51.9 Å². The highest BCUT2D eigenvalue weighted by molar-refractivity contribution is 5.31. The van der Waals surface area contributed by atoms with E-state index in [1.807, 2.05) is 24.3 Å². The Balaban J connectivity index is 1.46. The zero-order chi connectivity index (χ0) is 15.5. The summed E-state index contributed by atoms with van der Waals surface area (Å²) in [6.07, 6.45) is 10.9. The van der Waals surface area contributed by atoms with Crippen LogP contribution in [0.25, 0.3) is 0 Å². The van der Waals surface area contributed by atoms with E-state index in [1.54, 1.807) is 0 Å². The van der Waals surface area contributed by atoms with Gasteiger partial charge in [0, 0.05) is 0 Å². The summed E-state index contributed by atoms with van der Waals surface area (Å²) in [6.45, 7) is 4.56. The first-order chi connectivity index (χ1) is 10.9. The summed E-state index contributed by atoms with van der Waals surface area (Å²) in [5.41, 5.74) is 0. The Morgan fingerprint density at radius 2 is 1.41 bits per heavy atom. The van der Waals surface area contributed by atoms with Crippen LogP contribution in [0, 0.1) is 0 Å². The number of ether oxygens (including phenoxy) is 3. The van der Waals surface area contributed by atoms with E-state index in [-0.39, 0.29) is 0 Å². The molecule has 0 spiro atoms. The van der Waals surface area contributed by atoms with Gasteiger partial charge in [-0.15, -0.1) is 0 Å². The molecule has 1 fully saturated rings. The van der Waals surface area contributed by atoms with E-state index in [0.29, 0.717) is 12.7 Å². The smallest absolute Gasteiger partial charge is 0.119 e. The van der Waals surface area contributed by atoms with Crippen molar-refractivity contribution in [1.29, 1.82) is 0 Å². The third kappa shape index (κ3) is 7.69. The van der Waals surface area contributed by atoms with Crippen LogP contribution >= 0.6 is 0 Å². The van der Waals surface area contributed by atoms with Crippen LogP contribution in [0.1, 0.15) is 58.3 Å². The largest absolute Gasteiger partial charge is 0.494 e. The molecule has 22 heavy (non-hydrogen) atoms. The van der Waals surface area contributed by atoms with Gasteiger partial charge >= 0.3 is 0 Å². The van der Waals surface area contributed by atoms with Gasteiger partial charge in [-0.25, -0.2) is 0 Å². The quantitative estimate of drug-likeness (QED) is 0.380. The van der Waals surface area contributed by atoms with Crippen molar-refractivity contribution in [3.63, 3.8) is 0 Å². The highest BCUT2D eigenvalue weighted by atomic mass is 16.6. The highest BCUT2D eigenvalue weighted by Gasteiger charge is 2.22. The van der Waals surface area contributed by atoms with E-state index >= 15 is 0 Å². The number of epoxide rings is 1. The molecule has 0 aromatic heterocycles. The van der Waals surface area contributed by atoms with Crippen LogP contribution in [0.4, 0.5) is 0 Å². The maximum absolute atomic E-state index is 5.76. The Morgan fingerprint density at radius 3 is 2.00 bits per heavy atom. The lowest BCUT2D eigenvalue weighted by Gasteiger charge is -2.08. The predicted octanol–water partition coefficient (Wildman–Crippen LogP) is 4.98. The summed E-state index contributed by atoms with van der Waals surface area (Å²) in [5.74, 6) is 1.81. The van der Waals surface area contributed by atoms with E-state index in [2.05, 4.69) is 6.92 Å². The second-order valence-corrected chi connectivity index (χ2v) is 6.06. The van der Waals surface area contributed by atoms with Gasteiger partial charge in [0.1, 0.15) is 24.2 Å². The maximum atomic E-state index is 5.76. The van der Waals surface area contributed by atoms with Gasteiger partial charge in [0.05, 0.1) is 13.2 Å². The lowest BCUT2D eigenvalue weighted by molar-refractivity contribution is 0.262. The standard InChI is InChI=1S/C19H30O3/c1-2-3-4-5-6-7-8-9-14-20-17-10-12-18(13-11-17)21-15-19-16-22-19/h10-13,19H,2-9,14-16H2,1H3. The molecule has 124 valence electrons. The first kappa shape index (κ1) is 17.1. The van der Waals surface area contributed by atoms with Gasteiger partial charge < -0.3 is 14.2 Å². The summed E-state index contributed by atoms with van der Waals surface area (Å²) < 4.78 is 16.5. The molecule has 1 atom stereocenters. The van der Waals surface area contributed by atoms with Crippen molar-refractivity contribution in [2.24, 2.45) is 0 Å². The monoisotopic (exact) mass is 306 g/mol. The van der Waals surface area contributed by atoms with E-state index in [0.717, 1.165) is 31.1 Å². The van der Waals surface area contributed by atoms with Crippen LogP contribution in [0.2, 0.25) is 0 Å². The van der Waals surface area contributed by atoms with Crippen LogP contribution in [0.15, 0.2) is 24.3 Å². The fourth-order valence-electron chi connectivity index (χ4n) is 2.41. The SMILES string of the molecule is CCCCCCCCCCOc1ccc(OCC2CO2)cc1. The van der Waals surface area contributed by atoms with Crippen molar-refractivity contribution in [2.75, 3.05) is 19.8 Å². The van der Waals surface area contributed by atoms with Crippen molar-refractivity contribution in [2.45, 2.75) is 64.4 Å². The van der Waals surface area contributed by atoms with Gasteiger partial charge in [-0.2, -0.15) is 0 Å². The molecule has 0 bridgehead atoms. The van der Waals surface area contributed by atoms with Gasteiger partial charge in [0.15, 0.2) is 0 Å². The van der Waals surface area contributed by atoms with Gasteiger partial charge in [-0.05, 0) is 30.7 Å². The molecule has 1 unspecified atom stereocenters. The third-order valence-corrected chi connectivity index (χ3v) is 3.93. The van der Waals surface area contributed by atoms with Crippen LogP contribution < -0.4 is 9.47 Å². The Bertz CT molecular complexity index is 384. The van der Waals surface area contributed by atoms with Crippen LogP contribution in [0.3, 0.4) is 0 Å². The van der Waals surface area contributed by atoms with Gasteiger partial charge in [-0.3, -0.25) is 0 Å². The summed E-state index contributed by atoms with van der Waals surface area (Å²) >= 11 is 0. The van der Waals surface area contributed by atoms with Crippen molar-refractivity contribution in [3.8, 4) is 11.5 Å². The fraction of sp³-hybridized carbons (Fsp3) is 0.684. The topological polar surface area (TPSA) is 31.0 Å². The van der Waals surface area contributed by atoms with Crippen molar-refractivity contribution >= 4 is 0 Å². The third-order valence-electron chi connectivity index (χ3n) is 3.93. The van der Waals surface area contributed by atoms with Crippen LogP contribution in [0.5, 0.6) is 11.5 Å². The molecule has 0 saturated carbocycles. The van der Waals surface area contributed by atoms with Crippen LogP contribution in [-0.2, 0) is 4.74 Å². The molecule has 1 aliphatic heterocycles. The Kier molecular flexibility index (Phi) is 8.18. The molecule has 1 heterocycles. The summed E-state index contributed by atoms with van der Waals surface area (Å²) in [4.78, 5) is 0. The second kappa shape index (κ2) is 10.5. The molecule has 1 aromatic rings. The number of hydrogen-bond acceptors (Lipinski definition) is 3. The average Bonchev–Trinajstić information content (AvgIpc) is 3.37. The molecular weight excluding hydrogens is 276 g/mol. The number of benzene rings is 1. The molecule has 0 N–H and O–H groups in total. The lowest BCUT2D eigenvalue weighted by Crippen LogP contribution is -2.04. The van der Waals surface area contributed by atoms with E-state index < -0.39 is 0 Å². The molecule has 2 rings (SSSR count). The number of unbranched alkanes of at least 4 members (excludes halogenated alkanes) is 7. The molecule has 0 amide bonds. The van der Waals surface area contributed by atoms with E-state index in [9.17, 15) is 0 Å². The first-order valence-corrected chi connectivity index (χ1v) is 8.85. The van der Waals surface area contributed by atoms with Crippen molar-refractivity contribution < 1.29 is 14.2 Å². The number of rotatable bonds is 13. The molecule has 1 saturated heterocycles. The Hall–Kier alpha value is -1.22. The maximum Gasteiger partial charge on any atom is 0.119 e. The van der Waals surface area contributed by atoms with Crippen molar-refractivity contribution in [3.05, 3.63) is 24.3 Å². The summed E-state index contributed by atoms with van der Waals surface area (Å²) in [7, 11) is 0. The zero-order valence-corrected chi connectivity index (χ0v) is 13.9. The highest BCUT2D eigenvalue weighted by Crippen LogP contribution is 2.19. The second-order valence-electron chi connectivity index (χ2n) is 6.06.